The van der Waals surface area contributed by atoms with Crippen LogP contribution in [0.15, 0.2) is 53.6 Å². The first kappa shape index (κ1) is 10.1. The van der Waals surface area contributed by atoms with E-state index in [9.17, 15) is 0 Å². The standard InChI is InChI=1S/C14H15N3/c1-15-11-7-3-2-6-10(11)14-16-12-8-4-5-9-13(12)17-14/h2-9,12-13,15H,1H3,(H,16,17)/t12-,13-/m0/s1. The summed E-state index contributed by atoms with van der Waals surface area (Å²) in [7, 11) is 1.93. The van der Waals surface area contributed by atoms with Gasteiger partial charge in [0, 0.05) is 18.3 Å². The molecule has 3 rings (SSSR count). The molecule has 1 aromatic rings. The molecule has 2 aliphatic rings. The van der Waals surface area contributed by atoms with Crippen molar-refractivity contribution < 1.29 is 0 Å². The maximum Gasteiger partial charge on any atom is 0.131 e. The van der Waals surface area contributed by atoms with Crippen molar-refractivity contribution in [3.63, 3.8) is 0 Å². The Balaban J connectivity index is 1.96. The summed E-state index contributed by atoms with van der Waals surface area (Å²) < 4.78 is 0. The van der Waals surface area contributed by atoms with Crippen LogP contribution in [0.2, 0.25) is 0 Å². The molecule has 0 bridgehead atoms. The van der Waals surface area contributed by atoms with E-state index in [1.165, 1.54) is 0 Å². The molecule has 2 N–H and O–H groups in total. The Morgan fingerprint density at radius 1 is 1.18 bits per heavy atom. The summed E-state index contributed by atoms with van der Waals surface area (Å²) in [4.78, 5) is 4.72. The zero-order chi connectivity index (χ0) is 11.7. The van der Waals surface area contributed by atoms with E-state index in [4.69, 9.17) is 4.99 Å². The average molecular weight is 225 g/mol. The molecule has 1 aliphatic carbocycles. The molecule has 0 fully saturated rings. The molecule has 17 heavy (non-hydrogen) atoms. The molecule has 0 saturated heterocycles. The smallest absolute Gasteiger partial charge is 0.131 e. The van der Waals surface area contributed by atoms with Crippen LogP contribution in [0.5, 0.6) is 0 Å². The number of para-hydroxylation sites is 1. The lowest BCUT2D eigenvalue weighted by Gasteiger charge is -2.14. The number of hydrogen-bond donors (Lipinski definition) is 2. The summed E-state index contributed by atoms with van der Waals surface area (Å²) in [5.41, 5.74) is 2.23. The third-order valence-corrected chi connectivity index (χ3v) is 3.14. The van der Waals surface area contributed by atoms with Crippen LogP contribution < -0.4 is 10.6 Å². The molecule has 1 aromatic carbocycles. The van der Waals surface area contributed by atoms with E-state index in [2.05, 4.69) is 47.1 Å². The van der Waals surface area contributed by atoms with Crippen LogP contribution in [-0.4, -0.2) is 25.0 Å². The number of benzene rings is 1. The van der Waals surface area contributed by atoms with E-state index >= 15 is 0 Å². The van der Waals surface area contributed by atoms with E-state index in [0.717, 1.165) is 17.1 Å². The highest BCUT2D eigenvalue weighted by Gasteiger charge is 2.27. The highest BCUT2D eigenvalue weighted by atomic mass is 15.1. The zero-order valence-corrected chi connectivity index (χ0v) is 9.72. The number of nitrogens with one attached hydrogen (secondary N) is 2. The Kier molecular flexibility index (Phi) is 2.44. The normalized spacial score (nSPS) is 25.1. The number of rotatable bonds is 2. The fraction of sp³-hybridized carbons (Fsp3) is 0.214. The van der Waals surface area contributed by atoms with E-state index in [-0.39, 0.29) is 6.04 Å². The molecule has 86 valence electrons. The second-order valence-corrected chi connectivity index (χ2v) is 4.20. The van der Waals surface area contributed by atoms with Crippen LogP contribution in [-0.2, 0) is 0 Å². The van der Waals surface area contributed by atoms with Crippen LogP contribution in [0.1, 0.15) is 5.56 Å². The number of nitrogens with zero attached hydrogens (tertiary/aromatic N) is 1. The Morgan fingerprint density at radius 2 is 2.00 bits per heavy atom. The van der Waals surface area contributed by atoms with Gasteiger partial charge >= 0.3 is 0 Å². The number of aliphatic imine (C=N–C) groups is 1. The van der Waals surface area contributed by atoms with Gasteiger partial charge < -0.3 is 10.6 Å². The molecule has 0 radical (unpaired) electrons. The first-order valence-corrected chi connectivity index (χ1v) is 5.85. The topological polar surface area (TPSA) is 36.4 Å². The molecule has 1 aliphatic heterocycles. The van der Waals surface area contributed by atoms with E-state index < -0.39 is 0 Å². The SMILES string of the molecule is CNc1ccccc1C1=N[C@H]2C=CC=C[C@@H]2N1. The van der Waals surface area contributed by atoms with Crippen molar-refractivity contribution in [2.45, 2.75) is 12.1 Å². The fourth-order valence-corrected chi connectivity index (χ4v) is 2.25. The third kappa shape index (κ3) is 1.73. The predicted molar refractivity (Wildman–Crippen MR) is 71.5 cm³/mol. The first-order valence-electron chi connectivity index (χ1n) is 5.85. The molecule has 0 aromatic heterocycles. The third-order valence-electron chi connectivity index (χ3n) is 3.14. The predicted octanol–water partition coefficient (Wildman–Crippen LogP) is 1.94. The largest absolute Gasteiger partial charge is 0.388 e. The van der Waals surface area contributed by atoms with E-state index in [0.29, 0.717) is 6.04 Å². The lowest BCUT2D eigenvalue weighted by molar-refractivity contribution is 0.695. The maximum absolute atomic E-state index is 4.72. The van der Waals surface area contributed by atoms with Crippen molar-refractivity contribution in [1.29, 1.82) is 0 Å². The quantitative estimate of drug-likeness (QED) is 0.807. The van der Waals surface area contributed by atoms with Gasteiger partial charge in [-0.2, -0.15) is 0 Å². The summed E-state index contributed by atoms with van der Waals surface area (Å²) in [5.74, 6) is 0.973. The van der Waals surface area contributed by atoms with Gasteiger partial charge in [-0.3, -0.25) is 4.99 Å². The first-order chi connectivity index (χ1) is 8.38. The van der Waals surface area contributed by atoms with Gasteiger partial charge in [-0.25, -0.2) is 0 Å². The molecule has 2 atom stereocenters. The Morgan fingerprint density at radius 3 is 2.82 bits per heavy atom. The summed E-state index contributed by atoms with van der Waals surface area (Å²) in [6.45, 7) is 0. The monoisotopic (exact) mass is 225 g/mol. The number of anilines is 1. The van der Waals surface area contributed by atoms with Gasteiger partial charge in [-0.05, 0) is 12.1 Å². The molecule has 0 unspecified atom stereocenters. The van der Waals surface area contributed by atoms with Crippen LogP contribution in [0.3, 0.4) is 0 Å². The van der Waals surface area contributed by atoms with Gasteiger partial charge in [0.1, 0.15) is 5.84 Å². The van der Waals surface area contributed by atoms with Crippen molar-refractivity contribution in [2.75, 3.05) is 12.4 Å². The molecule has 3 heteroatoms. The maximum atomic E-state index is 4.72. The molecule has 3 nitrogen and oxygen atoms in total. The molecular formula is C14H15N3. The van der Waals surface area contributed by atoms with Gasteiger partial charge in [-0.15, -0.1) is 0 Å². The van der Waals surface area contributed by atoms with Gasteiger partial charge in [0.25, 0.3) is 0 Å². The lowest BCUT2D eigenvalue weighted by atomic mass is 10.1. The lowest BCUT2D eigenvalue weighted by Crippen LogP contribution is -2.33. The van der Waals surface area contributed by atoms with Gasteiger partial charge in [-0.1, -0.05) is 36.4 Å². The van der Waals surface area contributed by atoms with Gasteiger partial charge in [0.15, 0.2) is 0 Å². The van der Waals surface area contributed by atoms with Crippen molar-refractivity contribution in [2.24, 2.45) is 4.99 Å². The number of amidine groups is 1. The summed E-state index contributed by atoms with van der Waals surface area (Å²) >= 11 is 0. The second kappa shape index (κ2) is 4.09. The number of hydrogen-bond acceptors (Lipinski definition) is 3. The molecule has 0 spiro atoms. The Bertz CT molecular complexity index is 514. The number of fused-ring (bicyclic) bond motifs is 1. The van der Waals surface area contributed by atoms with Gasteiger partial charge in [0.2, 0.25) is 0 Å². The number of allylic oxidation sites excluding steroid dienone is 2. The van der Waals surface area contributed by atoms with Crippen molar-refractivity contribution in [3.05, 3.63) is 54.1 Å². The minimum absolute atomic E-state index is 0.236. The molecule has 1 heterocycles. The minimum atomic E-state index is 0.236. The molecule has 0 amide bonds. The summed E-state index contributed by atoms with van der Waals surface area (Å²) in [6.07, 6.45) is 8.41. The molecule has 0 saturated carbocycles. The van der Waals surface area contributed by atoms with E-state index in [1.54, 1.807) is 0 Å². The van der Waals surface area contributed by atoms with Crippen LogP contribution in [0.4, 0.5) is 5.69 Å². The van der Waals surface area contributed by atoms with Crippen LogP contribution in [0.25, 0.3) is 0 Å². The van der Waals surface area contributed by atoms with Crippen molar-refractivity contribution in [1.82, 2.24) is 5.32 Å². The van der Waals surface area contributed by atoms with Crippen molar-refractivity contribution >= 4 is 11.5 Å². The highest BCUT2D eigenvalue weighted by molar-refractivity contribution is 6.05. The Labute approximate surface area is 101 Å². The summed E-state index contributed by atoms with van der Waals surface area (Å²) in [6, 6.07) is 8.75. The molecular weight excluding hydrogens is 210 g/mol. The van der Waals surface area contributed by atoms with E-state index in [1.807, 2.05) is 19.2 Å². The van der Waals surface area contributed by atoms with Gasteiger partial charge in [0.05, 0.1) is 12.1 Å². The van der Waals surface area contributed by atoms with Crippen LogP contribution in [0, 0.1) is 0 Å². The van der Waals surface area contributed by atoms with Crippen LogP contribution >= 0.6 is 0 Å². The fourth-order valence-electron chi connectivity index (χ4n) is 2.25. The Hall–Kier alpha value is -2.03. The second-order valence-electron chi connectivity index (χ2n) is 4.20. The minimum Gasteiger partial charge on any atom is -0.388 e. The summed E-state index contributed by atoms with van der Waals surface area (Å²) in [5, 5.41) is 6.65. The zero-order valence-electron chi connectivity index (χ0n) is 9.72. The van der Waals surface area contributed by atoms with Crippen molar-refractivity contribution in [3.8, 4) is 0 Å². The average Bonchev–Trinajstić information content (AvgIpc) is 2.82. The highest BCUT2D eigenvalue weighted by Crippen LogP contribution is 2.21.